The van der Waals surface area contributed by atoms with E-state index in [1.165, 1.54) is 6.07 Å². The van der Waals surface area contributed by atoms with E-state index in [9.17, 15) is 18.0 Å². The summed E-state index contributed by atoms with van der Waals surface area (Å²) in [6.45, 7) is -1.16. The average Bonchev–Trinajstić information content (AvgIpc) is 3.21. The van der Waals surface area contributed by atoms with Crippen LogP contribution in [0.1, 0.15) is 16.2 Å². The number of aromatic nitrogens is 3. The Kier molecular flexibility index (Phi) is 5.57. The molecule has 4 aromatic rings. The second-order valence-corrected chi connectivity index (χ2v) is 6.68. The van der Waals surface area contributed by atoms with Gasteiger partial charge in [-0.25, -0.2) is 4.98 Å². The summed E-state index contributed by atoms with van der Waals surface area (Å²) in [6.07, 6.45) is 0.453. The Morgan fingerprint density at radius 3 is 2.58 bits per heavy atom. The number of halogens is 3. The molecule has 9 heteroatoms. The van der Waals surface area contributed by atoms with Crippen LogP contribution in [0.2, 0.25) is 0 Å². The highest BCUT2D eigenvalue weighted by atomic mass is 19.4. The van der Waals surface area contributed by atoms with Crippen LogP contribution in [0.25, 0.3) is 16.8 Å². The average molecular weight is 426 g/mol. The molecule has 1 amide bonds. The molecule has 4 rings (SSSR count). The number of alkyl halides is 3. The topological polar surface area (TPSA) is 68.5 Å². The Hall–Kier alpha value is -3.88. The second-order valence-electron chi connectivity index (χ2n) is 6.68. The van der Waals surface area contributed by atoms with Gasteiger partial charge >= 0.3 is 6.18 Å². The van der Waals surface area contributed by atoms with Crippen LogP contribution < -0.4 is 10.1 Å². The van der Waals surface area contributed by atoms with Crippen molar-refractivity contribution in [3.05, 3.63) is 84.6 Å². The number of rotatable bonds is 6. The normalized spacial score (nSPS) is 11.5. The monoisotopic (exact) mass is 426 g/mol. The molecule has 0 unspecified atom stereocenters. The number of carbonyl (C=O) groups excluding carboxylic acids is 1. The SMILES string of the molecule is O=C(NCc1ccccn1)c1cn2cccc(-c3ccccc3OCC(F)(F)F)c2n1. The maximum atomic E-state index is 12.6. The van der Waals surface area contributed by atoms with E-state index in [4.69, 9.17) is 4.74 Å². The number of amides is 1. The van der Waals surface area contributed by atoms with Crippen molar-refractivity contribution in [1.29, 1.82) is 0 Å². The van der Waals surface area contributed by atoms with Gasteiger partial charge in [0.1, 0.15) is 17.1 Å². The van der Waals surface area contributed by atoms with E-state index >= 15 is 0 Å². The Labute approximate surface area is 175 Å². The van der Waals surface area contributed by atoms with E-state index in [-0.39, 0.29) is 23.9 Å². The highest BCUT2D eigenvalue weighted by molar-refractivity contribution is 5.94. The van der Waals surface area contributed by atoms with Crippen LogP contribution in [0.5, 0.6) is 5.75 Å². The highest BCUT2D eigenvalue weighted by Gasteiger charge is 2.29. The van der Waals surface area contributed by atoms with Gasteiger partial charge in [-0.3, -0.25) is 9.78 Å². The van der Waals surface area contributed by atoms with Crippen LogP contribution in [-0.4, -0.2) is 33.1 Å². The number of pyridine rings is 2. The summed E-state index contributed by atoms with van der Waals surface area (Å²) in [5, 5.41) is 2.76. The quantitative estimate of drug-likeness (QED) is 0.500. The molecule has 6 nitrogen and oxygen atoms in total. The first-order valence-corrected chi connectivity index (χ1v) is 9.35. The Morgan fingerprint density at radius 2 is 1.81 bits per heavy atom. The summed E-state index contributed by atoms with van der Waals surface area (Å²) in [5.41, 5.74) is 2.30. The molecule has 0 radical (unpaired) electrons. The molecule has 0 aliphatic rings. The molecule has 0 aliphatic heterocycles. The number of carbonyl (C=O) groups is 1. The highest BCUT2D eigenvalue weighted by Crippen LogP contribution is 2.33. The molecule has 0 saturated carbocycles. The lowest BCUT2D eigenvalue weighted by Crippen LogP contribution is -2.23. The van der Waals surface area contributed by atoms with Gasteiger partial charge < -0.3 is 14.5 Å². The van der Waals surface area contributed by atoms with E-state index in [0.717, 1.165) is 0 Å². The number of hydrogen-bond donors (Lipinski definition) is 1. The summed E-state index contributed by atoms with van der Waals surface area (Å²) in [4.78, 5) is 21.1. The van der Waals surface area contributed by atoms with Crippen molar-refractivity contribution in [1.82, 2.24) is 19.7 Å². The number of imidazole rings is 1. The fourth-order valence-electron chi connectivity index (χ4n) is 3.07. The van der Waals surface area contributed by atoms with Crippen molar-refractivity contribution in [3.8, 4) is 16.9 Å². The number of benzene rings is 1. The van der Waals surface area contributed by atoms with E-state index in [1.54, 1.807) is 65.5 Å². The van der Waals surface area contributed by atoms with Crippen molar-refractivity contribution in [2.75, 3.05) is 6.61 Å². The first-order valence-electron chi connectivity index (χ1n) is 9.35. The van der Waals surface area contributed by atoms with Gasteiger partial charge in [-0.05, 0) is 30.3 Å². The van der Waals surface area contributed by atoms with Crippen LogP contribution in [0.3, 0.4) is 0 Å². The minimum absolute atomic E-state index is 0.0806. The minimum Gasteiger partial charge on any atom is -0.483 e. The van der Waals surface area contributed by atoms with Crippen LogP contribution in [0, 0.1) is 0 Å². The van der Waals surface area contributed by atoms with Gasteiger partial charge in [0.05, 0.1) is 12.2 Å². The van der Waals surface area contributed by atoms with Gasteiger partial charge in [-0.1, -0.05) is 24.3 Å². The molecule has 0 fully saturated rings. The van der Waals surface area contributed by atoms with E-state index in [1.807, 2.05) is 6.07 Å². The summed E-state index contributed by atoms with van der Waals surface area (Å²) >= 11 is 0. The molecule has 0 saturated heterocycles. The number of ether oxygens (including phenoxy) is 1. The molecular weight excluding hydrogens is 409 g/mol. The van der Waals surface area contributed by atoms with Gasteiger partial charge in [0, 0.05) is 29.7 Å². The number of fused-ring (bicyclic) bond motifs is 1. The fourth-order valence-corrected chi connectivity index (χ4v) is 3.07. The predicted octanol–water partition coefficient (Wildman–Crippen LogP) is 4.27. The lowest BCUT2D eigenvalue weighted by Gasteiger charge is -2.13. The molecule has 0 spiro atoms. The molecule has 0 atom stereocenters. The van der Waals surface area contributed by atoms with Crippen molar-refractivity contribution < 1.29 is 22.7 Å². The molecule has 158 valence electrons. The lowest BCUT2D eigenvalue weighted by atomic mass is 10.1. The van der Waals surface area contributed by atoms with Crippen LogP contribution >= 0.6 is 0 Å². The summed E-state index contributed by atoms with van der Waals surface area (Å²) in [5.74, 6) is -0.306. The van der Waals surface area contributed by atoms with Gasteiger partial charge in [0.25, 0.3) is 5.91 Å². The van der Waals surface area contributed by atoms with Crippen LogP contribution in [0.4, 0.5) is 13.2 Å². The second kappa shape index (κ2) is 8.47. The summed E-state index contributed by atoms with van der Waals surface area (Å²) < 4.78 is 44.5. The van der Waals surface area contributed by atoms with E-state index in [0.29, 0.717) is 22.5 Å². The number of nitrogens with zero attached hydrogens (tertiary/aromatic N) is 3. The third-order valence-corrected chi connectivity index (χ3v) is 4.44. The molecule has 0 bridgehead atoms. The van der Waals surface area contributed by atoms with Crippen molar-refractivity contribution in [2.45, 2.75) is 12.7 Å². The minimum atomic E-state index is -4.45. The Bertz CT molecular complexity index is 1210. The maximum Gasteiger partial charge on any atom is 0.422 e. The fraction of sp³-hybridized carbons (Fsp3) is 0.136. The van der Waals surface area contributed by atoms with E-state index < -0.39 is 12.8 Å². The first kappa shape index (κ1) is 20.4. The number of para-hydroxylation sites is 1. The summed E-state index contributed by atoms with van der Waals surface area (Å²) in [6, 6.07) is 15.2. The predicted molar refractivity (Wildman–Crippen MR) is 108 cm³/mol. The van der Waals surface area contributed by atoms with Gasteiger partial charge in [0.2, 0.25) is 0 Å². The first-order chi connectivity index (χ1) is 14.9. The summed E-state index contributed by atoms with van der Waals surface area (Å²) in [7, 11) is 0. The Morgan fingerprint density at radius 1 is 1.03 bits per heavy atom. The molecule has 31 heavy (non-hydrogen) atoms. The standard InChI is InChI=1S/C22H17F3N4O2/c23-22(24,25)14-31-19-9-2-1-7-16(19)17-8-5-11-29-13-18(28-20(17)29)21(30)27-12-15-6-3-4-10-26-15/h1-11,13H,12,14H2,(H,27,30). The zero-order valence-electron chi connectivity index (χ0n) is 16.1. The van der Waals surface area contributed by atoms with Crippen molar-refractivity contribution >= 4 is 11.6 Å². The molecule has 3 aromatic heterocycles. The van der Waals surface area contributed by atoms with Crippen LogP contribution in [-0.2, 0) is 6.54 Å². The van der Waals surface area contributed by atoms with Gasteiger partial charge in [-0.15, -0.1) is 0 Å². The zero-order valence-corrected chi connectivity index (χ0v) is 16.1. The molecular formula is C22H17F3N4O2. The van der Waals surface area contributed by atoms with Crippen LogP contribution in [0.15, 0.2) is 73.2 Å². The maximum absolute atomic E-state index is 12.6. The zero-order chi connectivity index (χ0) is 21.8. The molecule has 3 heterocycles. The third-order valence-electron chi connectivity index (χ3n) is 4.44. The number of hydrogen-bond acceptors (Lipinski definition) is 4. The van der Waals surface area contributed by atoms with Crippen molar-refractivity contribution in [3.63, 3.8) is 0 Å². The molecule has 1 N–H and O–H groups in total. The smallest absolute Gasteiger partial charge is 0.422 e. The molecule has 0 aliphatic carbocycles. The third kappa shape index (κ3) is 4.82. The van der Waals surface area contributed by atoms with Crippen molar-refractivity contribution in [2.24, 2.45) is 0 Å². The van der Waals surface area contributed by atoms with Gasteiger partial charge in [-0.2, -0.15) is 13.2 Å². The number of nitrogens with one attached hydrogen (secondary N) is 1. The molecule has 1 aromatic carbocycles. The van der Waals surface area contributed by atoms with E-state index in [2.05, 4.69) is 15.3 Å². The van der Waals surface area contributed by atoms with Gasteiger partial charge in [0.15, 0.2) is 6.61 Å². The largest absolute Gasteiger partial charge is 0.483 e. The Balaban J connectivity index is 1.62. The lowest BCUT2D eigenvalue weighted by molar-refractivity contribution is -0.153.